The lowest BCUT2D eigenvalue weighted by atomic mass is 10.2. The summed E-state index contributed by atoms with van der Waals surface area (Å²) < 4.78 is 0. The first kappa shape index (κ1) is 19.5. The second kappa shape index (κ2) is 10.2. The molecule has 1 N–H and O–H groups in total. The van der Waals surface area contributed by atoms with Crippen LogP contribution in [-0.4, -0.2) is 54.6 Å². The van der Waals surface area contributed by atoms with E-state index in [0.29, 0.717) is 11.4 Å². The molecule has 0 aliphatic carbocycles. The molecule has 1 aliphatic heterocycles. The summed E-state index contributed by atoms with van der Waals surface area (Å²) in [6, 6.07) is 17.8. The first-order chi connectivity index (χ1) is 13.2. The van der Waals surface area contributed by atoms with E-state index in [4.69, 9.17) is 11.6 Å². The number of rotatable bonds is 7. The average Bonchev–Trinajstić information content (AvgIpc) is 2.70. The van der Waals surface area contributed by atoms with Gasteiger partial charge in [-0.2, -0.15) is 5.10 Å². The lowest BCUT2D eigenvalue weighted by Gasteiger charge is -2.34. The van der Waals surface area contributed by atoms with Crippen molar-refractivity contribution in [1.29, 1.82) is 0 Å². The molecule has 0 aromatic heterocycles. The van der Waals surface area contributed by atoms with Crippen molar-refractivity contribution >= 4 is 23.7 Å². The molecule has 142 valence electrons. The molecular formula is C21H25ClN4O. The Labute approximate surface area is 165 Å². The van der Waals surface area contributed by atoms with E-state index < -0.39 is 0 Å². The van der Waals surface area contributed by atoms with E-state index in [1.807, 2.05) is 18.2 Å². The van der Waals surface area contributed by atoms with Crippen LogP contribution in [0.3, 0.4) is 0 Å². The van der Waals surface area contributed by atoms with E-state index in [-0.39, 0.29) is 5.91 Å². The summed E-state index contributed by atoms with van der Waals surface area (Å²) in [5, 5.41) is 4.68. The monoisotopic (exact) mass is 384 g/mol. The van der Waals surface area contributed by atoms with Gasteiger partial charge in [-0.3, -0.25) is 9.69 Å². The van der Waals surface area contributed by atoms with Crippen molar-refractivity contribution in [3.8, 4) is 0 Å². The molecule has 0 radical (unpaired) electrons. The Morgan fingerprint density at radius 1 is 1.00 bits per heavy atom. The topological polar surface area (TPSA) is 47.9 Å². The number of hydrogen-bond acceptors (Lipinski definition) is 4. The molecule has 1 amide bonds. The number of piperazine rings is 1. The molecule has 3 rings (SSSR count). The van der Waals surface area contributed by atoms with Crippen molar-refractivity contribution < 1.29 is 4.79 Å². The van der Waals surface area contributed by atoms with Gasteiger partial charge in [-0.15, -0.1) is 0 Å². The number of hydrogen-bond donors (Lipinski definition) is 1. The molecular weight excluding hydrogens is 360 g/mol. The van der Waals surface area contributed by atoms with Gasteiger partial charge in [0.1, 0.15) is 0 Å². The Hall–Kier alpha value is -2.21. The van der Waals surface area contributed by atoms with Crippen molar-refractivity contribution in [3.05, 3.63) is 70.7 Å². The van der Waals surface area contributed by atoms with Crippen molar-refractivity contribution in [3.63, 3.8) is 0 Å². The minimum absolute atomic E-state index is 0.0630. The SMILES string of the molecule is O=C(CCN1CCN(Cc2ccccc2)CC1)N/N=C/c1ccc(Cl)cc1. The van der Waals surface area contributed by atoms with Crippen LogP contribution in [0.5, 0.6) is 0 Å². The number of carbonyl (C=O) groups excluding carboxylic acids is 1. The minimum Gasteiger partial charge on any atom is -0.300 e. The van der Waals surface area contributed by atoms with Crippen LogP contribution in [0.25, 0.3) is 0 Å². The third-order valence-electron chi connectivity index (χ3n) is 4.64. The highest BCUT2D eigenvalue weighted by Gasteiger charge is 2.17. The van der Waals surface area contributed by atoms with Crippen molar-refractivity contribution in [2.75, 3.05) is 32.7 Å². The molecule has 0 unspecified atom stereocenters. The van der Waals surface area contributed by atoms with Crippen LogP contribution >= 0.6 is 11.6 Å². The van der Waals surface area contributed by atoms with Gasteiger partial charge in [0.25, 0.3) is 0 Å². The summed E-state index contributed by atoms with van der Waals surface area (Å²) in [5.74, 6) is -0.0630. The summed E-state index contributed by atoms with van der Waals surface area (Å²) in [5.41, 5.74) is 4.84. The molecule has 2 aromatic carbocycles. The molecule has 2 aromatic rings. The summed E-state index contributed by atoms with van der Waals surface area (Å²) in [4.78, 5) is 16.8. The summed E-state index contributed by atoms with van der Waals surface area (Å²) in [7, 11) is 0. The summed E-state index contributed by atoms with van der Waals surface area (Å²) in [6.07, 6.45) is 2.08. The standard InChI is InChI=1S/C21H25ClN4O/c22-20-8-6-18(7-9-20)16-23-24-21(27)10-11-25-12-14-26(15-13-25)17-19-4-2-1-3-5-19/h1-9,16H,10-15,17H2,(H,24,27)/b23-16+. The number of halogens is 1. The Bertz CT molecular complexity index is 741. The molecule has 0 atom stereocenters. The Morgan fingerprint density at radius 3 is 2.37 bits per heavy atom. The third kappa shape index (κ3) is 6.79. The maximum Gasteiger partial charge on any atom is 0.241 e. The second-order valence-corrected chi connectivity index (χ2v) is 7.13. The van der Waals surface area contributed by atoms with Gasteiger partial charge < -0.3 is 4.90 Å². The average molecular weight is 385 g/mol. The van der Waals surface area contributed by atoms with E-state index in [1.165, 1.54) is 5.56 Å². The van der Waals surface area contributed by atoms with Gasteiger partial charge in [-0.25, -0.2) is 5.43 Å². The van der Waals surface area contributed by atoms with Gasteiger partial charge >= 0.3 is 0 Å². The number of amides is 1. The predicted molar refractivity (Wildman–Crippen MR) is 110 cm³/mol. The lowest BCUT2D eigenvalue weighted by Crippen LogP contribution is -2.46. The predicted octanol–water partition coefficient (Wildman–Crippen LogP) is 3.00. The van der Waals surface area contributed by atoms with Gasteiger partial charge in [-0.05, 0) is 23.3 Å². The number of nitrogens with zero attached hydrogens (tertiary/aromatic N) is 3. The maximum absolute atomic E-state index is 12.0. The number of carbonyl (C=O) groups is 1. The minimum atomic E-state index is -0.0630. The fourth-order valence-electron chi connectivity index (χ4n) is 3.06. The zero-order chi connectivity index (χ0) is 18.9. The van der Waals surface area contributed by atoms with E-state index >= 15 is 0 Å². The first-order valence-electron chi connectivity index (χ1n) is 9.25. The maximum atomic E-state index is 12.0. The van der Waals surface area contributed by atoms with Gasteiger partial charge in [0.2, 0.25) is 5.91 Å². The Kier molecular flexibility index (Phi) is 7.39. The van der Waals surface area contributed by atoms with Crippen LogP contribution in [-0.2, 0) is 11.3 Å². The second-order valence-electron chi connectivity index (χ2n) is 6.70. The van der Waals surface area contributed by atoms with Crippen LogP contribution in [0.2, 0.25) is 5.02 Å². The summed E-state index contributed by atoms with van der Waals surface area (Å²) >= 11 is 5.84. The normalized spacial score (nSPS) is 15.9. The highest BCUT2D eigenvalue weighted by atomic mass is 35.5. The largest absolute Gasteiger partial charge is 0.300 e. The molecule has 0 saturated carbocycles. The number of hydrazone groups is 1. The van der Waals surface area contributed by atoms with Crippen LogP contribution < -0.4 is 5.43 Å². The fraction of sp³-hybridized carbons (Fsp3) is 0.333. The highest BCUT2D eigenvalue weighted by molar-refractivity contribution is 6.30. The van der Waals surface area contributed by atoms with Crippen LogP contribution in [0, 0.1) is 0 Å². The van der Waals surface area contributed by atoms with Crippen molar-refractivity contribution in [2.45, 2.75) is 13.0 Å². The lowest BCUT2D eigenvalue weighted by molar-refractivity contribution is -0.121. The van der Waals surface area contributed by atoms with Crippen LogP contribution in [0.4, 0.5) is 0 Å². The Balaban J connectivity index is 1.32. The van der Waals surface area contributed by atoms with E-state index in [9.17, 15) is 4.79 Å². The molecule has 1 saturated heterocycles. The van der Waals surface area contributed by atoms with Gasteiger partial charge in [0.05, 0.1) is 6.21 Å². The molecule has 0 spiro atoms. The fourth-order valence-corrected chi connectivity index (χ4v) is 3.18. The summed E-state index contributed by atoms with van der Waals surface area (Å²) in [6.45, 7) is 5.81. The highest BCUT2D eigenvalue weighted by Crippen LogP contribution is 2.09. The third-order valence-corrected chi connectivity index (χ3v) is 4.89. The molecule has 1 heterocycles. The quantitative estimate of drug-likeness (QED) is 0.589. The number of nitrogens with one attached hydrogen (secondary N) is 1. The molecule has 1 fully saturated rings. The van der Waals surface area contributed by atoms with Crippen LogP contribution in [0.1, 0.15) is 17.5 Å². The van der Waals surface area contributed by atoms with Gasteiger partial charge in [0.15, 0.2) is 0 Å². The zero-order valence-electron chi connectivity index (χ0n) is 15.4. The van der Waals surface area contributed by atoms with E-state index in [2.05, 4.69) is 44.6 Å². The smallest absolute Gasteiger partial charge is 0.241 e. The van der Waals surface area contributed by atoms with E-state index in [1.54, 1.807) is 18.3 Å². The van der Waals surface area contributed by atoms with E-state index in [0.717, 1.165) is 44.8 Å². The molecule has 27 heavy (non-hydrogen) atoms. The van der Waals surface area contributed by atoms with Crippen molar-refractivity contribution in [2.24, 2.45) is 5.10 Å². The van der Waals surface area contributed by atoms with Crippen LogP contribution in [0.15, 0.2) is 59.7 Å². The molecule has 1 aliphatic rings. The van der Waals surface area contributed by atoms with Gasteiger partial charge in [0, 0.05) is 50.7 Å². The zero-order valence-corrected chi connectivity index (χ0v) is 16.1. The number of benzene rings is 2. The molecule has 0 bridgehead atoms. The van der Waals surface area contributed by atoms with Crippen molar-refractivity contribution in [1.82, 2.24) is 15.2 Å². The molecule has 6 heteroatoms. The first-order valence-corrected chi connectivity index (χ1v) is 9.63. The molecule has 5 nitrogen and oxygen atoms in total. The Morgan fingerprint density at radius 2 is 1.67 bits per heavy atom. The van der Waals surface area contributed by atoms with Gasteiger partial charge in [-0.1, -0.05) is 54.1 Å².